The summed E-state index contributed by atoms with van der Waals surface area (Å²) >= 11 is 0. The van der Waals surface area contributed by atoms with E-state index in [9.17, 15) is 9.59 Å². The molecule has 3 aromatic carbocycles. The molecule has 2 amide bonds. The smallest absolute Gasteiger partial charge is 0.255 e. The van der Waals surface area contributed by atoms with Crippen molar-refractivity contribution in [3.8, 4) is 23.0 Å². The van der Waals surface area contributed by atoms with Crippen molar-refractivity contribution in [2.45, 2.75) is 0 Å². The van der Waals surface area contributed by atoms with Gasteiger partial charge in [0, 0.05) is 23.0 Å². The molecule has 0 spiro atoms. The van der Waals surface area contributed by atoms with E-state index in [4.69, 9.17) is 18.9 Å². The minimum absolute atomic E-state index is 0.254. The maximum absolute atomic E-state index is 12.4. The molecule has 0 fully saturated rings. The Morgan fingerprint density at radius 1 is 0.853 bits per heavy atom. The van der Waals surface area contributed by atoms with Gasteiger partial charge in [0.05, 0.1) is 14.2 Å². The second-order valence-electron chi connectivity index (χ2n) is 7.33. The summed E-state index contributed by atoms with van der Waals surface area (Å²) in [5.74, 6) is 1.82. The van der Waals surface area contributed by atoms with Crippen LogP contribution in [0.15, 0.2) is 66.7 Å². The van der Waals surface area contributed by atoms with E-state index in [1.54, 1.807) is 81.0 Å². The number of benzene rings is 3. The van der Waals surface area contributed by atoms with Crippen LogP contribution in [0.2, 0.25) is 0 Å². The Balaban J connectivity index is 1.36. The number of ether oxygens (including phenoxy) is 4. The maximum atomic E-state index is 12.4. The van der Waals surface area contributed by atoms with E-state index in [1.807, 2.05) is 0 Å². The Hall–Kier alpha value is -4.46. The molecule has 0 aliphatic carbocycles. The van der Waals surface area contributed by atoms with Crippen molar-refractivity contribution >= 4 is 29.3 Å². The lowest BCUT2D eigenvalue weighted by Crippen LogP contribution is -2.16. The summed E-state index contributed by atoms with van der Waals surface area (Å²) in [6, 6.07) is 17.2. The highest BCUT2D eigenvalue weighted by Gasteiger charge is 2.17. The lowest BCUT2D eigenvalue weighted by atomic mass is 10.1. The molecule has 0 unspecified atom stereocenters. The second-order valence-corrected chi connectivity index (χ2v) is 7.33. The Kier molecular flexibility index (Phi) is 6.98. The van der Waals surface area contributed by atoms with Gasteiger partial charge in [0.25, 0.3) is 5.91 Å². The Bertz CT molecular complexity index is 1190. The Morgan fingerprint density at radius 3 is 2.24 bits per heavy atom. The van der Waals surface area contributed by atoms with Crippen LogP contribution in [0.5, 0.6) is 23.0 Å². The predicted molar refractivity (Wildman–Crippen MR) is 129 cm³/mol. The number of methoxy groups -OCH3 is 2. The molecule has 8 heteroatoms. The molecule has 8 nitrogen and oxygen atoms in total. The second kappa shape index (κ2) is 10.4. The molecule has 1 aliphatic heterocycles. The fourth-order valence-electron chi connectivity index (χ4n) is 3.33. The summed E-state index contributed by atoms with van der Waals surface area (Å²) in [6.45, 7) is 0.917. The van der Waals surface area contributed by atoms with Gasteiger partial charge in [-0.05, 0) is 72.3 Å². The van der Waals surface area contributed by atoms with Crippen molar-refractivity contribution in [2.75, 3.05) is 38.1 Å². The molecule has 3 aromatic rings. The van der Waals surface area contributed by atoms with Crippen molar-refractivity contribution < 1.29 is 28.5 Å². The average molecular weight is 460 g/mol. The molecule has 174 valence electrons. The van der Waals surface area contributed by atoms with Crippen LogP contribution in [0.25, 0.3) is 6.08 Å². The molecule has 34 heavy (non-hydrogen) atoms. The minimum Gasteiger partial charge on any atom is -0.497 e. The van der Waals surface area contributed by atoms with E-state index in [0.717, 1.165) is 5.56 Å². The van der Waals surface area contributed by atoms with Gasteiger partial charge in [-0.1, -0.05) is 0 Å². The number of nitrogens with one attached hydrogen (secondary N) is 2. The summed E-state index contributed by atoms with van der Waals surface area (Å²) < 4.78 is 21.7. The standard InChI is InChI=1S/C26H24N2O6/c1-31-21-10-8-20(9-11-21)28-26(30)18-4-6-19(7-5-18)27-24(29)12-3-17-15-22(32-2)25-23(16-17)33-13-14-34-25/h3-12,15-16H,13-14H2,1-2H3,(H,27,29)(H,28,30)/b12-3+. The highest BCUT2D eigenvalue weighted by Crippen LogP contribution is 2.40. The zero-order valence-corrected chi connectivity index (χ0v) is 18.8. The molecule has 1 heterocycles. The van der Waals surface area contributed by atoms with E-state index in [-0.39, 0.29) is 11.8 Å². The van der Waals surface area contributed by atoms with Crippen molar-refractivity contribution in [2.24, 2.45) is 0 Å². The number of rotatable bonds is 7. The van der Waals surface area contributed by atoms with Crippen LogP contribution < -0.4 is 29.6 Å². The summed E-state index contributed by atoms with van der Waals surface area (Å²) in [7, 11) is 3.13. The SMILES string of the molecule is COc1ccc(NC(=O)c2ccc(NC(=O)/C=C/c3cc(OC)c4c(c3)OCCO4)cc2)cc1. The monoisotopic (exact) mass is 460 g/mol. The first-order chi connectivity index (χ1) is 16.6. The van der Waals surface area contributed by atoms with Gasteiger partial charge in [-0.15, -0.1) is 0 Å². The van der Waals surface area contributed by atoms with Gasteiger partial charge in [0.15, 0.2) is 11.5 Å². The summed E-state index contributed by atoms with van der Waals surface area (Å²) in [5.41, 5.74) is 2.43. The van der Waals surface area contributed by atoms with Crippen LogP contribution in [0, 0.1) is 0 Å². The van der Waals surface area contributed by atoms with E-state index in [1.165, 1.54) is 6.08 Å². The van der Waals surface area contributed by atoms with Crippen LogP contribution in [0.3, 0.4) is 0 Å². The minimum atomic E-state index is -0.315. The van der Waals surface area contributed by atoms with Crippen LogP contribution in [-0.4, -0.2) is 39.2 Å². The van der Waals surface area contributed by atoms with E-state index < -0.39 is 0 Å². The highest BCUT2D eigenvalue weighted by atomic mass is 16.6. The van der Waals surface area contributed by atoms with Crippen LogP contribution in [0.4, 0.5) is 11.4 Å². The van der Waals surface area contributed by atoms with Crippen molar-refractivity contribution in [3.63, 3.8) is 0 Å². The molecule has 0 atom stereocenters. The molecule has 0 bridgehead atoms. The fraction of sp³-hybridized carbons (Fsp3) is 0.154. The Labute approximate surface area is 197 Å². The molecule has 0 aromatic heterocycles. The first-order valence-corrected chi connectivity index (χ1v) is 10.6. The van der Waals surface area contributed by atoms with Crippen LogP contribution >= 0.6 is 0 Å². The van der Waals surface area contributed by atoms with Gasteiger partial charge in [0.2, 0.25) is 11.7 Å². The summed E-state index contributed by atoms with van der Waals surface area (Å²) in [4.78, 5) is 24.8. The lowest BCUT2D eigenvalue weighted by molar-refractivity contribution is -0.111. The third-order valence-electron chi connectivity index (χ3n) is 5.04. The van der Waals surface area contributed by atoms with Crippen LogP contribution in [-0.2, 0) is 4.79 Å². The number of fused-ring (bicyclic) bond motifs is 1. The number of carbonyl (C=O) groups is 2. The van der Waals surface area contributed by atoms with E-state index >= 15 is 0 Å². The third kappa shape index (κ3) is 5.47. The zero-order chi connectivity index (χ0) is 23.9. The maximum Gasteiger partial charge on any atom is 0.255 e. The highest BCUT2D eigenvalue weighted by molar-refractivity contribution is 6.05. The van der Waals surface area contributed by atoms with Gasteiger partial charge < -0.3 is 29.6 Å². The summed E-state index contributed by atoms with van der Waals surface area (Å²) in [6.07, 6.45) is 3.07. The van der Waals surface area contributed by atoms with Crippen molar-refractivity contribution in [3.05, 3.63) is 77.9 Å². The van der Waals surface area contributed by atoms with Crippen LogP contribution in [0.1, 0.15) is 15.9 Å². The molecule has 0 radical (unpaired) electrons. The molecule has 0 saturated carbocycles. The first-order valence-electron chi connectivity index (χ1n) is 10.6. The number of anilines is 2. The predicted octanol–water partition coefficient (Wildman–Crippen LogP) is 4.38. The lowest BCUT2D eigenvalue weighted by Gasteiger charge is -2.20. The van der Waals surface area contributed by atoms with Gasteiger partial charge >= 0.3 is 0 Å². The normalized spacial score (nSPS) is 12.2. The molecule has 2 N–H and O–H groups in total. The van der Waals surface area contributed by atoms with Gasteiger partial charge in [0.1, 0.15) is 19.0 Å². The van der Waals surface area contributed by atoms with E-state index in [2.05, 4.69) is 10.6 Å². The third-order valence-corrected chi connectivity index (χ3v) is 5.04. The quantitative estimate of drug-likeness (QED) is 0.508. The van der Waals surface area contributed by atoms with E-state index in [0.29, 0.717) is 53.2 Å². The molecule has 1 aliphatic rings. The van der Waals surface area contributed by atoms with Gasteiger partial charge in [-0.2, -0.15) is 0 Å². The Morgan fingerprint density at radius 2 is 1.53 bits per heavy atom. The number of hydrogen-bond acceptors (Lipinski definition) is 6. The zero-order valence-electron chi connectivity index (χ0n) is 18.8. The molecular weight excluding hydrogens is 436 g/mol. The fourth-order valence-corrected chi connectivity index (χ4v) is 3.33. The average Bonchev–Trinajstić information content (AvgIpc) is 2.87. The largest absolute Gasteiger partial charge is 0.497 e. The van der Waals surface area contributed by atoms with Crippen molar-refractivity contribution in [1.29, 1.82) is 0 Å². The molecule has 4 rings (SSSR count). The summed E-state index contributed by atoms with van der Waals surface area (Å²) in [5, 5.41) is 5.59. The number of amides is 2. The molecular formula is C26H24N2O6. The topological polar surface area (TPSA) is 95.1 Å². The number of hydrogen-bond donors (Lipinski definition) is 2. The van der Waals surface area contributed by atoms with Gasteiger partial charge in [-0.25, -0.2) is 0 Å². The first kappa shape index (κ1) is 22.7. The number of carbonyl (C=O) groups excluding carboxylic acids is 2. The van der Waals surface area contributed by atoms with Gasteiger partial charge in [-0.3, -0.25) is 9.59 Å². The molecule has 0 saturated heterocycles. The van der Waals surface area contributed by atoms with Crippen molar-refractivity contribution in [1.82, 2.24) is 0 Å².